The number of hydrogen-bond donors (Lipinski definition) is 0. The molecule has 6 aromatic heterocycles. The molecular formula is C58H36N6. The predicted octanol–water partition coefficient (Wildman–Crippen LogP) is 14.4. The van der Waals surface area contributed by atoms with Gasteiger partial charge < -0.3 is 9.13 Å². The Labute approximate surface area is 368 Å². The van der Waals surface area contributed by atoms with Gasteiger partial charge >= 0.3 is 0 Å². The van der Waals surface area contributed by atoms with E-state index in [9.17, 15) is 0 Å². The lowest BCUT2D eigenvalue weighted by Gasteiger charge is -2.11. The van der Waals surface area contributed by atoms with Gasteiger partial charge in [0, 0.05) is 67.2 Å². The number of para-hydroxylation sites is 2. The molecule has 0 aliphatic heterocycles. The first-order valence-electron chi connectivity index (χ1n) is 21.5. The molecule has 0 amide bonds. The van der Waals surface area contributed by atoms with Crippen molar-refractivity contribution < 1.29 is 0 Å². The van der Waals surface area contributed by atoms with E-state index in [1.54, 1.807) is 12.4 Å². The van der Waals surface area contributed by atoms with Crippen molar-refractivity contribution in [3.8, 4) is 56.1 Å². The van der Waals surface area contributed by atoms with Gasteiger partial charge in [0.05, 0.1) is 56.9 Å². The minimum absolute atomic E-state index is 0.898. The molecule has 0 fully saturated rings. The van der Waals surface area contributed by atoms with Crippen LogP contribution in [-0.2, 0) is 0 Å². The van der Waals surface area contributed by atoms with Crippen LogP contribution < -0.4 is 0 Å². The van der Waals surface area contributed by atoms with Crippen molar-refractivity contribution in [2.45, 2.75) is 0 Å². The molecule has 13 aromatic rings. The fraction of sp³-hybridized carbons (Fsp3) is 0. The Morgan fingerprint density at radius 3 is 1.09 bits per heavy atom. The van der Waals surface area contributed by atoms with Gasteiger partial charge in [-0.05, 0) is 95.1 Å². The molecule has 0 bridgehead atoms. The summed E-state index contributed by atoms with van der Waals surface area (Å²) >= 11 is 0. The summed E-state index contributed by atoms with van der Waals surface area (Å²) in [5.74, 6) is 0. The van der Waals surface area contributed by atoms with Crippen LogP contribution in [0.1, 0.15) is 0 Å². The Kier molecular flexibility index (Phi) is 8.11. The molecule has 0 spiro atoms. The second-order valence-corrected chi connectivity index (χ2v) is 16.3. The third kappa shape index (κ3) is 5.81. The zero-order valence-electron chi connectivity index (χ0n) is 34.5. The molecule has 6 nitrogen and oxygen atoms in total. The average molecular weight is 817 g/mol. The van der Waals surface area contributed by atoms with Crippen LogP contribution in [0.3, 0.4) is 0 Å². The van der Waals surface area contributed by atoms with Crippen LogP contribution in [0.2, 0.25) is 0 Å². The van der Waals surface area contributed by atoms with E-state index in [-0.39, 0.29) is 0 Å². The van der Waals surface area contributed by atoms with Gasteiger partial charge in [-0.3, -0.25) is 9.97 Å². The van der Waals surface area contributed by atoms with Gasteiger partial charge in [-0.1, -0.05) is 121 Å². The lowest BCUT2D eigenvalue weighted by Crippen LogP contribution is -1.95. The van der Waals surface area contributed by atoms with Gasteiger partial charge in [0.25, 0.3) is 0 Å². The number of aromatic nitrogens is 6. The topological polar surface area (TPSA) is 61.4 Å². The van der Waals surface area contributed by atoms with E-state index in [1.807, 2.05) is 24.5 Å². The maximum absolute atomic E-state index is 4.85. The van der Waals surface area contributed by atoms with Crippen molar-refractivity contribution in [2.75, 3.05) is 0 Å². The van der Waals surface area contributed by atoms with E-state index in [2.05, 4.69) is 201 Å². The molecule has 0 radical (unpaired) electrons. The molecule has 0 aliphatic carbocycles. The van der Waals surface area contributed by atoms with Crippen LogP contribution in [0.25, 0.3) is 122 Å². The molecule has 0 saturated carbocycles. The largest absolute Gasteiger partial charge is 0.309 e. The zero-order chi connectivity index (χ0) is 42.1. The van der Waals surface area contributed by atoms with Crippen LogP contribution in [0, 0.1) is 0 Å². The highest BCUT2D eigenvalue weighted by Gasteiger charge is 2.20. The lowest BCUT2D eigenvalue weighted by molar-refractivity contribution is 1.17. The summed E-state index contributed by atoms with van der Waals surface area (Å²) in [5.41, 5.74) is 17.5. The fourth-order valence-corrected chi connectivity index (χ4v) is 9.60. The SMILES string of the molecule is c1ccc2c(c1)c1c3c4ccccc4n(-c4ccc(-c5ccc(-c6ccc7ccncc7n6)cc5)cc4)c3ccc1n2-c1ccc(-c2ccc(-c3ccc4ccncc4n3)cc2)cc1. The summed E-state index contributed by atoms with van der Waals surface area (Å²) < 4.78 is 4.83. The van der Waals surface area contributed by atoms with Crippen molar-refractivity contribution >= 4 is 65.4 Å². The molecule has 0 unspecified atom stereocenters. The minimum Gasteiger partial charge on any atom is -0.309 e. The second-order valence-electron chi connectivity index (χ2n) is 16.3. The lowest BCUT2D eigenvalue weighted by atomic mass is 10.0. The van der Waals surface area contributed by atoms with E-state index in [4.69, 9.17) is 9.97 Å². The first-order valence-corrected chi connectivity index (χ1v) is 21.5. The summed E-state index contributed by atoms with van der Waals surface area (Å²) in [6.45, 7) is 0. The van der Waals surface area contributed by atoms with Gasteiger partial charge in [-0.15, -0.1) is 0 Å². The first kappa shape index (κ1) is 36.0. The van der Waals surface area contributed by atoms with E-state index in [0.29, 0.717) is 0 Å². The minimum atomic E-state index is 0.898. The maximum Gasteiger partial charge on any atom is 0.0892 e. The second kappa shape index (κ2) is 14.4. The summed E-state index contributed by atoms with van der Waals surface area (Å²) in [4.78, 5) is 18.2. The predicted molar refractivity (Wildman–Crippen MR) is 263 cm³/mol. The molecule has 0 N–H and O–H groups in total. The molecule has 7 aromatic carbocycles. The Morgan fingerprint density at radius 2 is 0.672 bits per heavy atom. The Balaban J connectivity index is 0.854. The monoisotopic (exact) mass is 816 g/mol. The first-order chi connectivity index (χ1) is 31.7. The number of hydrogen-bond acceptors (Lipinski definition) is 4. The zero-order valence-corrected chi connectivity index (χ0v) is 34.5. The summed E-state index contributed by atoms with van der Waals surface area (Å²) in [5, 5.41) is 7.16. The van der Waals surface area contributed by atoms with E-state index >= 15 is 0 Å². The quantitative estimate of drug-likeness (QED) is 0.168. The summed E-state index contributed by atoms with van der Waals surface area (Å²) in [6.07, 6.45) is 7.24. The highest BCUT2D eigenvalue weighted by atomic mass is 15.0. The van der Waals surface area contributed by atoms with Gasteiger partial charge in [0.1, 0.15) is 0 Å². The molecular weight excluding hydrogens is 781 g/mol. The Bertz CT molecular complexity index is 3660. The van der Waals surface area contributed by atoms with E-state index in [1.165, 1.54) is 43.6 Å². The molecule has 0 saturated heterocycles. The van der Waals surface area contributed by atoms with E-state index in [0.717, 1.165) is 77.9 Å². The molecule has 298 valence electrons. The van der Waals surface area contributed by atoms with Gasteiger partial charge in [-0.25, -0.2) is 9.97 Å². The van der Waals surface area contributed by atoms with Crippen LogP contribution in [-0.4, -0.2) is 29.1 Å². The van der Waals surface area contributed by atoms with Crippen LogP contribution >= 0.6 is 0 Å². The highest BCUT2D eigenvalue weighted by Crippen LogP contribution is 2.43. The van der Waals surface area contributed by atoms with Crippen molar-refractivity contribution in [3.05, 3.63) is 219 Å². The summed E-state index contributed by atoms with van der Waals surface area (Å²) in [6, 6.07) is 69.8. The molecule has 13 rings (SSSR count). The van der Waals surface area contributed by atoms with Crippen molar-refractivity contribution in [1.82, 2.24) is 29.1 Å². The normalized spacial score (nSPS) is 11.8. The third-order valence-electron chi connectivity index (χ3n) is 12.7. The van der Waals surface area contributed by atoms with Crippen LogP contribution in [0.5, 0.6) is 0 Å². The summed E-state index contributed by atoms with van der Waals surface area (Å²) in [7, 11) is 0. The molecule has 0 atom stereocenters. The molecule has 6 heteroatoms. The van der Waals surface area contributed by atoms with Gasteiger partial charge in [0.15, 0.2) is 0 Å². The van der Waals surface area contributed by atoms with Gasteiger partial charge in [0.2, 0.25) is 0 Å². The Morgan fingerprint density at radius 1 is 0.297 bits per heavy atom. The van der Waals surface area contributed by atoms with E-state index < -0.39 is 0 Å². The van der Waals surface area contributed by atoms with Crippen molar-refractivity contribution in [2.24, 2.45) is 0 Å². The molecule has 0 aliphatic rings. The average Bonchev–Trinajstić information content (AvgIpc) is 3.89. The molecule has 6 heterocycles. The van der Waals surface area contributed by atoms with Crippen molar-refractivity contribution in [1.29, 1.82) is 0 Å². The Hall–Kier alpha value is -8.74. The smallest absolute Gasteiger partial charge is 0.0892 e. The number of benzene rings is 7. The highest BCUT2D eigenvalue weighted by molar-refractivity contribution is 6.29. The number of rotatable bonds is 6. The van der Waals surface area contributed by atoms with Gasteiger partial charge in [-0.2, -0.15) is 0 Å². The molecule has 64 heavy (non-hydrogen) atoms. The standard InChI is InChI=1S/C58H36N6/c1-3-7-53-47(5-1)57-55(63(53)45-23-17-39(18-24-45)37-9-13-41(14-10-37)49-27-21-43-31-33-59-35-51(43)61-49)29-30-56-58(57)48-6-2-4-8-54(48)64(56)46-25-19-40(20-26-46)38-11-15-42(16-12-38)50-28-22-44-32-34-60-36-52(44)62-50/h1-36H. The third-order valence-corrected chi connectivity index (χ3v) is 12.7. The number of pyridine rings is 4. The van der Waals surface area contributed by atoms with Crippen LogP contribution in [0.4, 0.5) is 0 Å². The van der Waals surface area contributed by atoms with Crippen LogP contribution in [0.15, 0.2) is 219 Å². The van der Waals surface area contributed by atoms with Crippen molar-refractivity contribution in [3.63, 3.8) is 0 Å². The maximum atomic E-state index is 4.85. The number of nitrogens with zero attached hydrogens (tertiary/aromatic N) is 6. The number of fused-ring (bicyclic) bond motifs is 9. The fourth-order valence-electron chi connectivity index (χ4n) is 9.60.